The fourth-order valence-electron chi connectivity index (χ4n) is 1.86. The second-order valence-corrected chi connectivity index (χ2v) is 4.07. The Bertz CT molecular complexity index is 229. The first-order valence-electron chi connectivity index (χ1n) is 5.21. The Morgan fingerprint density at radius 2 is 2.07 bits per heavy atom. The van der Waals surface area contributed by atoms with Crippen molar-refractivity contribution in [3.05, 3.63) is 11.6 Å². The minimum Gasteiger partial charge on any atom is -0.478 e. The van der Waals surface area contributed by atoms with E-state index >= 15 is 0 Å². The van der Waals surface area contributed by atoms with E-state index < -0.39 is 5.97 Å². The maximum atomic E-state index is 10.5. The van der Waals surface area contributed by atoms with Gasteiger partial charge >= 0.3 is 5.97 Å². The molecule has 0 radical (unpaired) electrons. The van der Waals surface area contributed by atoms with Crippen molar-refractivity contribution in [2.24, 2.45) is 0 Å². The number of rotatable bonds is 4. The van der Waals surface area contributed by atoms with Crippen LogP contribution in [0.15, 0.2) is 11.6 Å². The van der Waals surface area contributed by atoms with Gasteiger partial charge < -0.3 is 5.11 Å². The third-order valence-electron chi connectivity index (χ3n) is 2.97. The summed E-state index contributed by atoms with van der Waals surface area (Å²) in [6.07, 6.45) is 6.95. The molecule has 0 heterocycles. The van der Waals surface area contributed by atoms with E-state index in [1.807, 2.05) is 0 Å². The second kappa shape index (κ2) is 5.15. The summed E-state index contributed by atoms with van der Waals surface area (Å²) in [5.74, 6) is -0.815. The van der Waals surface area contributed by atoms with Crippen LogP contribution in [0.25, 0.3) is 0 Å². The highest BCUT2D eigenvalue weighted by atomic mass is 16.4. The van der Waals surface area contributed by atoms with Crippen LogP contribution in [0.4, 0.5) is 0 Å². The van der Waals surface area contributed by atoms with Crippen molar-refractivity contribution in [3.8, 4) is 0 Å². The number of likely N-dealkylation sites (N-methyl/N-ethyl adjacent to an activating group) is 1. The largest absolute Gasteiger partial charge is 0.478 e. The van der Waals surface area contributed by atoms with Crippen LogP contribution in [0.2, 0.25) is 0 Å². The zero-order valence-electron chi connectivity index (χ0n) is 8.99. The van der Waals surface area contributed by atoms with Crippen molar-refractivity contribution in [2.75, 3.05) is 13.6 Å². The molecule has 0 unspecified atom stereocenters. The summed E-state index contributed by atoms with van der Waals surface area (Å²) in [7, 11) is 2.07. The highest BCUT2D eigenvalue weighted by molar-refractivity contribution is 5.85. The Labute approximate surface area is 85.4 Å². The van der Waals surface area contributed by atoms with Crippen LogP contribution in [0.1, 0.15) is 32.6 Å². The van der Waals surface area contributed by atoms with Gasteiger partial charge in [-0.25, -0.2) is 4.79 Å². The molecular formula is C11H19NO2. The molecule has 1 saturated carbocycles. The molecule has 0 aromatic heterocycles. The average Bonchev–Trinajstić information content (AvgIpc) is 2.66. The Hall–Kier alpha value is -0.830. The van der Waals surface area contributed by atoms with E-state index in [-0.39, 0.29) is 0 Å². The number of carboxylic acids is 1. The van der Waals surface area contributed by atoms with Crippen LogP contribution >= 0.6 is 0 Å². The maximum absolute atomic E-state index is 10.5. The summed E-state index contributed by atoms with van der Waals surface area (Å²) < 4.78 is 0. The van der Waals surface area contributed by atoms with Crippen LogP contribution in [-0.2, 0) is 4.79 Å². The molecule has 0 amide bonds. The first kappa shape index (κ1) is 11.2. The van der Waals surface area contributed by atoms with Crippen LogP contribution < -0.4 is 0 Å². The molecule has 1 aliphatic rings. The standard InChI is InChI=1S/C11H19NO2/c1-9(11(13)14)7-8-12(2)10-5-3-4-6-10/h7,10H,3-6,8H2,1-2H3,(H,13,14). The van der Waals surface area contributed by atoms with E-state index in [9.17, 15) is 4.79 Å². The van der Waals surface area contributed by atoms with Crippen molar-refractivity contribution in [1.29, 1.82) is 0 Å². The quantitative estimate of drug-likeness (QED) is 0.700. The SMILES string of the molecule is CC(=CCN(C)C1CCCC1)C(=O)O. The fourth-order valence-corrected chi connectivity index (χ4v) is 1.86. The molecule has 3 heteroatoms. The summed E-state index contributed by atoms with van der Waals surface area (Å²) in [6.45, 7) is 2.40. The molecule has 3 nitrogen and oxygen atoms in total. The molecule has 80 valence electrons. The van der Waals surface area contributed by atoms with Gasteiger partial charge in [0.05, 0.1) is 0 Å². The predicted octanol–water partition coefficient (Wildman–Crippen LogP) is 1.89. The summed E-state index contributed by atoms with van der Waals surface area (Å²) in [5.41, 5.74) is 0.440. The minimum atomic E-state index is -0.815. The van der Waals surface area contributed by atoms with Gasteiger partial charge in [0.25, 0.3) is 0 Å². The van der Waals surface area contributed by atoms with E-state index in [1.54, 1.807) is 13.0 Å². The summed E-state index contributed by atoms with van der Waals surface area (Å²) in [5, 5.41) is 8.67. The molecule has 1 rings (SSSR count). The number of hydrogen-bond donors (Lipinski definition) is 1. The summed E-state index contributed by atoms with van der Waals surface area (Å²) >= 11 is 0. The smallest absolute Gasteiger partial charge is 0.330 e. The average molecular weight is 197 g/mol. The third-order valence-corrected chi connectivity index (χ3v) is 2.97. The van der Waals surface area contributed by atoms with Crippen molar-refractivity contribution < 1.29 is 9.90 Å². The van der Waals surface area contributed by atoms with Gasteiger partial charge in [-0.15, -0.1) is 0 Å². The molecule has 1 aliphatic carbocycles. The van der Waals surface area contributed by atoms with Crippen molar-refractivity contribution in [2.45, 2.75) is 38.6 Å². The molecule has 0 atom stereocenters. The van der Waals surface area contributed by atoms with Gasteiger partial charge in [0.1, 0.15) is 0 Å². The van der Waals surface area contributed by atoms with Gasteiger partial charge in [0.15, 0.2) is 0 Å². The van der Waals surface area contributed by atoms with E-state index in [1.165, 1.54) is 25.7 Å². The monoisotopic (exact) mass is 197 g/mol. The van der Waals surface area contributed by atoms with Gasteiger partial charge in [-0.05, 0) is 26.8 Å². The molecule has 0 aromatic rings. The van der Waals surface area contributed by atoms with Crippen molar-refractivity contribution in [1.82, 2.24) is 4.90 Å². The Kier molecular flexibility index (Phi) is 4.14. The zero-order valence-corrected chi connectivity index (χ0v) is 8.99. The molecule has 0 spiro atoms. The second-order valence-electron chi connectivity index (χ2n) is 4.07. The van der Waals surface area contributed by atoms with E-state index in [2.05, 4.69) is 11.9 Å². The van der Waals surface area contributed by atoms with Crippen LogP contribution in [-0.4, -0.2) is 35.6 Å². The molecular weight excluding hydrogens is 178 g/mol. The lowest BCUT2D eigenvalue weighted by Crippen LogP contribution is -2.29. The summed E-state index contributed by atoms with van der Waals surface area (Å²) in [6, 6.07) is 0.660. The number of carboxylic acid groups (broad SMARTS) is 1. The van der Waals surface area contributed by atoms with Crippen LogP contribution in [0.3, 0.4) is 0 Å². The van der Waals surface area contributed by atoms with Gasteiger partial charge in [0, 0.05) is 18.2 Å². The molecule has 0 aliphatic heterocycles. The minimum absolute atomic E-state index is 0.440. The predicted molar refractivity (Wildman–Crippen MR) is 56.3 cm³/mol. The topological polar surface area (TPSA) is 40.5 Å². The van der Waals surface area contributed by atoms with Crippen LogP contribution in [0, 0.1) is 0 Å². The van der Waals surface area contributed by atoms with Gasteiger partial charge in [-0.2, -0.15) is 0 Å². The van der Waals surface area contributed by atoms with Crippen LogP contribution in [0.5, 0.6) is 0 Å². The fraction of sp³-hybridized carbons (Fsp3) is 0.727. The van der Waals surface area contributed by atoms with E-state index in [0.29, 0.717) is 11.6 Å². The van der Waals surface area contributed by atoms with E-state index in [0.717, 1.165) is 6.54 Å². The van der Waals surface area contributed by atoms with Crippen molar-refractivity contribution >= 4 is 5.97 Å². The number of nitrogens with zero attached hydrogens (tertiary/aromatic N) is 1. The number of aliphatic carboxylic acids is 1. The number of hydrogen-bond acceptors (Lipinski definition) is 2. The Morgan fingerprint density at radius 3 is 2.57 bits per heavy atom. The molecule has 0 aromatic carbocycles. The lowest BCUT2D eigenvalue weighted by molar-refractivity contribution is -0.132. The molecule has 14 heavy (non-hydrogen) atoms. The highest BCUT2D eigenvalue weighted by Crippen LogP contribution is 2.22. The number of carbonyl (C=O) groups is 1. The lowest BCUT2D eigenvalue weighted by Gasteiger charge is -2.22. The zero-order chi connectivity index (χ0) is 10.6. The Balaban J connectivity index is 2.36. The lowest BCUT2D eigenvalue weighted by atomic mass is 10.2. The van der Waals surface area contributed by atoms with Gasteiger partial charge in [-0.1, -0.05) is 18.9 Å². The molecule has 1 N–H and O–H groups in total. The molecule has 0 saturated heterocycles. The normalized spacial score (nSPS) is 19.2. The highest BCUT2D eigenvalue weighted by Gasteiger charge is 2.18. The first-order valence-corrected chi connectivity index (χ1v) is 5.21. The van der Waals surface area contributed by atoms with Gasteiger partial charge in [0.2, 0.25) is 0 Å². The molecule has 0 bridgehead atoms. The summed E-state index contributed by atoms with van der Waals surface area (Å²) in [4.78, 5) is 12.8. The maximum Gasteiger partial charge on any atom is 0.330 e. The third kappa shape index (κ3) is 3.14. The molecule has 1 fully saturated rings. The van der Waals surface area contributed by atoms with Gasteiger partial charge in [-0.3, -0.25) is 4.90 Å². The van der Waals surface area contributed by atoms with E-state index in [4.69, 9.17) is 5.11 Å². The van der Waals surface area contributed by atoms with Crippen molar-refractivity contribution in [3.63, 3.8) is 0 Å². The first-order chi connectivity index (χ1) is 6.61. The Morgan fingerprint density at radius 1 is 1.50 bits per heavy atom.